The molecule has 162 valence electrons. The Balaban J connectivity index is 1.74. The van der Waals surface area contributed by atoms with Crippen LogP contribution in [0.1, 0.15) is 23.7 Å². The van der Waals surface area contributed by atoms with Gasteiger partial charge in [-0.3, -0.25) is 14.5 Å². The van der Waals surface area contributed by atoms with E-state index in [2.05, 4.69) is 10.3 Å². The molecule has 0 aliphatic carbocycles. The highest BCUT2D eigenvalue weighted by molar-refractivity contribution is 8.15. The van der Waals surface area contributed by atoms with Crippen molar-refractivity contribution >= 4 is 69.3 Å². The fourth-order valence-electron chi connectivity index (χ4n) is 2.85. The third kappa shape index (κ3) is 5.30. The van der Waals surface area contributed by atoms with E-state index in [0.717, 1.165) is 11.8 Å². The van der Waals surface area contributed by atoms with Crippen molar-refractivity contribution in [2.24, 2.45) is 4.99 Å². The van der Waals surface area contributed by atoms with Crippen LogP contribution in [-0.4, -0.2) is 49.9 Å². The van der Waals surface area contributed by atoms with E-state index >= 15 is 0 Å². The molecular weight excluding hydrogens is 465 g/mol. The number of carboxylic acid groups (broad SMARTS) is 1. The van der Waals surface area contributed by atoms with Gasteiger partial charge in [0.25, 0.3) is 0 Å². The van der Waals surface area contributed by atoms with E-state index in [9.17, 15) is 19.5 Å². The van der Waals surface area contributed by atoms with Gasteiger partial charge in [-0.05, 0) is 37.3 Å². The number of amidine groups is 1. The molecule has 0 aromatic heterocycles. The maximum atomic E-state index is 12.7. The van der Waals surface area contributed by atoms with E-state index < -0.39 is 17.1 Å². The molecule has 2 aromatic rings. The van der Waals surface area contributed by atoms with Crippen molar-refractivity contribution in [2.45, 2.75) is 18.6 Å². The quantitative estimate of drug-likeness (QED) is 0.563. The smallest absolute Gasteiger partial charge is 0.335 e. The van der Waals surface area contributed by atoms with E-state index in [4.69, 9.17) is 28.3 Å². The van der Waals surface area contributed by atoms with Gasteiger partial charge >= 0.3 is 5.97 Å². The topological polar surface area (TPSA) is 119 Å². The number of anilines is 1. The van der Waals surface area contributed by atoms with E-state index in [-0.39, 0.29) is 33.7 Å². The molecule has 3 rings (SSSR count). The van der Waals surface area contributed by atoms with Crippen LogP contribution in [0.5, 0.6) is 5.75 Å². The predicted octanol–water partition coefficient (Wildman–Crippen LogP) is 4.38. The van der Waals surface area contributed by atoms with Crippen LogP contribution in [0.3, 0.4) is 0 Å². The fraction of sp³-hybridized carbons (Fsp3) is 0.200. The number of aliphatic imine (C=N–C) groups is 1. The molecule has 3 N–H and O–H groups in total. The number of hydrogen-bond donors (Lipinski definition) is 3. The standard InChI is InChI=1S/C20H17Cl2N3O5S/c1-2-25-18(28)15(9-16(26)23-11-5-3-4-10(6-11)19(29)30)31-20(25)24-12-7-13(21)17(27)14(22)8-12/h3-8,15,27H,2,9H2,1H3,(H,23,26)(H,29,30)/t15-/m0/s1. The molecule has 2 aromatic carbocycles. The summed E-state index contributed by atoms with van der Waals surface area (Å²) < 4.78 is 0. The van der Waals surface area contributed by atoms with Crippen LogP contribution in [0.25, 0.3) is 0 Å². The van der Waals surface area contributed by atoms with Gasteiger partial charge < -0.3 is 15.5 Å². The number of carbonyl (C=O) groups is 3. The lowest BCUT2D eigenvalue weighted by Crippen LogP contribution is -2.33. The lowest BCUT2D eigenvalue weighted by atomic mass is 10.2. The number of amides is 2. The summed E-state index contributed by atoms with van der Waals surface area (Å²) in [5, 5.41) is 21.1. The van der Waals surface area contributed by atoms with Crippen LogP contribution in [0.15, 0.2) is 41.4 Å². The highest BCUT2D eigenvalue weighted by atomic mass is 35.5. The van der Waals surface area contributed by atoms with Crippen LogP contribution >= 0.6 is 35.0 Å². The van der Waals surface area contributed by atoms with Gasteiger partial charge in [0.15, 0.2) is 10.9 Å². The third-order valence-electron chi connectivity index (χ3n) is 4.33. The summed E-state index contributed by atoms with van der Waals surface area (Å²) >= 11 is 13.0. The minimum atomic E-state index is -1.11. The molecule has 31 heavy (non-hydrogen) atoms. The fourth-order valence-corrected chi connectivity index (χ4v) is 4.55. The summed E-state index contributed by atoms with van der Waals surface area (Å²) in [5.74, 6) is -2.05. The predicted molar refractivity (Wildman–Crippen MR) is 121 cm³/mol. The average Bonchev–Trinajstić information content (AvgIpc) is 3.00. The van der Waals surface area contributed by atoms with Gasteiger partial charge in [-0.1, -0.05) is 41.0 Å². The molecule has 1 aliphatic heterocycles. The second-order valence-electron chi connectivity index (χ2n) is 6.48. The van der Waals surface area contributed by atoms with E-state index in [1.165, 1.54) is 35.2 Å². The molecule has 0 radical (unpaired) electrons. The number of aromatic hydroxyl groups is 1. The first kappa shape index (κ1) is 22.9. The van der Waals surface area contributed by atoms with Crippen LogP contribution < -0.4 is 5.32 Å². The highest BCUT2D eigenvalue weighted by Gasteiger charge is 2.38. The zero-order valence-electron chi connectivity index (χ0n) is 16.1. The Kier molecular flexibility index (Phi) is 7.09. The van der Waals surface area contributed by atoms with E-state index in [0.29, 0.717) is 23.1 Å². The second kappa shape index (κ2) is 9.59. The molecule has 0 unspecified atom stereocenters. The van der Waals surface area contributed by atoms with Crippen molar-refractivity contribution < 1.29 is 24.6 Å². The summed E-state index contributed by atoms with van der Waals surface area (Å²) in [4.78, 5) is 42.1. The lowest BCUT2D eigenvalue weighted by Gasteiger charge is -2.13. The minimum Gasteiger partial charge on any atom is -0.505 e. The number of aromatic carboxylic acids is 1. The van der Waals surface area contributed by atoms with Crippen molar-refractivity contribution in [3.05, 3.63) is 52.0 Å². The maximum Gasteiger partial charge on any atom is 0.335 e. The summed E-state index contributed by atoms with van der Waals surface area (Å²) in [6, 6.07) is 8.68. The molecule has 8 nitrogen and oxygen atoms in total. The van der Waals surface area contributed by atoms with Crippen LogP contribution in [-0.2, 0) is 9.59 Å². The molecule has 0 spiro atoms. The normalized spacial score (nSPS) is 17.3. The van der Waals surface area contributed by atoms with Crippen molar-refractivity contribution in [3.8, 4) is 5.75 Å². The van der Waals surface area contributed by atoms with Gasteiger partial charge in [0.05, 0.1) is 21.3 Å². The number of nitrogens with one attached hydrogen (secondary N) is 1. The summed E-state index contributed by atoms with van der Waals surface area (Å²) in [6.07, 6.45) is -0.118. The number of carboxylic acids is 1. The van der Waals surface area contributed by atoms with E-state index in [1.54, 1.807) is 13.0 Å². The minimum absolute atomic E-state index is 0.0312. The Hall–Kier alpha value is -2.75. The number of hydrogen-bond acceptors (Lipinski definition) is 6. The van der Waals surface area contributed by atoms with Gasteiger partial charge in [-0.2, -0.15) is 0 Å². The van der Waals surface area contributed by atoms with Crippen LogP contribution in [0, 0.1) is 0 Å². The van der Waals surface area contributed by atoms with Crippen LogP contribution in [0.2, 0.25) is 10.0 Å². The second-order valence-corrected chi connectivity index (χ2v) is 8.46. The summed E-state index contributed by atoms with van der Waals surface area (Å²) in [6.45, 7) is 2.13. The largest absolute Gasteiger partial charge is 0.505 e. The Morgan fingerprint density at radius 2 is 1.90 bits per heavy atom. The first-order valence-corrected chi connectivity index (χ1v) is 10.7. The number of nitrogens with zero attached hydrogens (tertiary/aromatic N) is 2. The molecule has 1 fully saturated rings. The zero-order valence-corrected chi connectivity index (χ0v) is 18.5. The van der Waals surface area contributed by atoms with Crippen molar-refractivity contribution in [3.63, 3.8) is 0 Å². The lowest BCUT2D eigenvalue weighted by molar-refractivity contribution is -0.128. The van der Waals surface area contributed by atoms with Crippen molar-refractivity contribution in [2.75, 3.05) is 11.9 Å². The number of halogens is 2. The Labute approximate surface area is 191 Å². The van der Waals surface area contributed by atoms with Crippen molar-refractivity contribution in [1.82, 2.24) is 4.90 Å². The summed E-state index contributed by atoms with van der Waals surface area (Å²) in [7, 11) is 0. The molecule has 1 atom stereocenters. The number of thioether (sulfide) groups is 1. The summed E-state index contributed by atoms with van der Waals surface area (Å²) in [5.41, 5.74) is 0.731. The molecule has 0 saturated carbocycles. The Morgan fingerprint density at radius 1 is 1.23 bits per heavy atom. The average molecular weight is 482 g/mol. The number of phenols is 1. The van der Waals surface area contributed by atoms with E-state index in [1.807, 2.05) is 0 Å². The number of benzene rings is 2. The molecule has 1 aliphatic rings. The first-order chi connectivity index (χ1) is 14.7. The molecule has 1 heterocycles. The number of carbonyl (C=O) groups excluding carboxylic acids is 2. The number of rotatable bonds is 6. The van der Waals surface area contributed by atoms with Gasteiger partial charge in [0.2, 0.25) is 11.8 Å². The highest BCUT2D eigenvalue weighted by Crippen LogP contribution is 2.37. The Bertz CT molecular complexity index is 1070. The van der Waals surface area contributed by atoms with Gasteiger partial charge in [0, 0.05) is 18.7 Å². The third-order valence-corrected chi connectivity index (χ3v) is 6.08. The molecule has 11 heteroatoms. The van der Waals surface area contributed by atoms with Gasteiger partial charge in [-0.15, -0.1) is 0 Å². The molecule has 1 saturated heterocycles. The zero-order chi connectivity index (χ0) is 22.7. The monoisotopic (exact) mass is 481 g/mol. The van der Waals surface area contributed by atoms with Gasteiger partial charge in [0.1, 0.15) is 5.25 Å². The molecular formula is C20H17Cl2N3O5S. The van der Waals surface area contributed by atoms with Crippen LogP contribution in [0.4, 0.5) is 11.4 Å². The maximum absolute atomic E-state index is 12.7. The van der Waals surface area contributed by atoms with Gasteiger partial charge in [-0.25, -0.2) is 9.79 Å². The Morgan fingerprint density at radius 3 is 2.52 bits per heavy atom. The first-order valence-electron chi connectivity index (χ1n) is 9.07. The number of phenolic OH excluding ortho intramolecular Hbond substituents is 1. The SMILES string of the molecule is CCN1C(=O)[C@H](CC(=O)Nc2cccc(C(=O)O)c2)SC1=Nc1cc(Cl)c(O)c(Cl)c1. The van der Waals surface area contributed by atoms with Crippen molar-refractivity contribution in [1.29, 1.82) is 0 Å². The molecule has 2 amide bonds. The molecule has 0 bridgehead atoms.